The Bertz CT molecular complexity index is 783. The summed E-state index contributed by atoms with van der Waals surface area (Å²) in [5.41, 5.74) is 5.33. The zero-order valence-corrected chi connectivity index (χ0v) is 9.28. The van der Waals surface area contributed by atoms with Crippen molar-refractivity contribution in [1.29, 1.82) is 0 Å². The van der Waals surface area contributed by atoms with Gasteiger partial charge in [-0.1, -0.05) is 0 Å². The molecular weight excluding hydrogens is 259 g/mol. The molecule has 0 aliphatic heterocycles. The lowest BCUT2D eigenvalue weighted by atomic mass is 10.2. The molecule has 5 nitrogen and oxygen atoms in total. The molecule has 3 N–H and O–H groups in total. The maximum Gasteiger partial charge on any atom is 0.181 e. The molecule has 3 aromatic heterocycles. The van der Waals surface area contributed by atoms with Gasteiger partial charge in [0, 0.05) is 6.07 Å². The quantitative estimate of drug-likeness (QED) is 0.705. The number of hydrogen-bond donors (Lipinski definition) is 2. The second-order valence-electron chi connectivity index (χ2n) is 3.81. The summed E-state index contributed by atoms with van der Waals surface area (Å²) in [4.78, 5) is 7.32. The Morgan fingerprint density at radius 2 is 1.89 bits per heavy atom. The summed E-state index contributed by atoms with van der Waals surface area (Å²) in [6, 6.07) is 1.74. The second-order valence-corrected chi connectivity index (χ2v) is 3.81. The number of nitrogens with one attached hydrogen (secondary N) is 1. The van der Waals surface area contributed by atoms with Gasteiger partial charge in [0.2, 0.25) is 0 Å². The van der Waals surface area contributed by atoms with E-state index in [1.165, 1.54) is 0 Å². The number of halogens is 3. The van der Waals surface area contributed by atoms with Gasteiger partial charge >= 0.3 is 0 Å². The van der Waals surface area contributed by atoms with Crippen LogP contribution >= 0.6 is 0 Å². The van der Waals surface area contributed by atoms with Crippen LogP contribution in [0.4, 0.5) is 19.0 Å². The summed E-state index contributed by atoms with van der Waals surface area (Å²) in [5, 5.41) is 6.50. The molecule has 3 heterocycles. The molecule has 96 valence electrons. The van der Waals surface area contributed by atoms with E-state index in [0.717, 1.165) is 12.3 Å². The third-order valence-corrected chi connectivity index (χ3v) is 2.57. The number of rotatable bonds is 1. The zero-order valence-electron chi connectivity index (χ0n) is 9.28. The van der Waals surface area contributed by atoms with Crippen molar-refractivity contribution in [3.63, 3.8) is 0 Å². The fourth-order valence-electron chi connectivity index (χ4n) is 1.71. The van der Waals surface area contributed by atoms with Gasteiger partial charge < -0.3 is 5.73 Å². The first-order chi connectivity index (χ1) is 9.06. The van der Waals surface area contributed by atoms with E-state index in [1.54, 1.807) is 0 Å². The van der Waals surface area contributed by atoms with Crippen LogP contribution in [0.5, 0.6) is 0 Å². The maximum absolute atomic E-state index is 13.7. The smallest absolute Gasteiger partial charge is 0.181 e. The summed E-state index contributed by atoms with van der Waals surface area (Å²) < 4.78 is 39.9. The lowest BCUT2D eigenvalue weighted by Crippen LogP contribution is -2.00. The van der Waals surface area contributed by atoms with Gasteiger partial charge in [0.15, 0.2) is 23.1 Å². The van der Waals surface area contributed by atoms with E-state index in [-0.39, 0.29) is 22.4 Å². The average Bonchev–Trinajstić information content (AvgIpc) is 2.76. The summed E-state index contributed by atoms with van der Waals surface area (Å²) >= 11 is 0. The predicted octanol–water partition coefficient (Wildman–Crippen LogP) is 2.02. The van der Waals surface area contributed by atoms with E-state index >= 15 is 0 Å². The summed E-state index contributed by atoms with van der Waals surface area (Å²) in [7, 11) is 0. The molecule has 8 heteroatoms. The van der Waals surface area contributed by atoms with E-state index in [0.29, 0.717) is 6.07 Å². The van der Waals surface area contributed by atoms with Crippen LogP contribution in [0, 0.1) is 17.5 Å². The van der Waals surface area contributed by atoms with Crippen LogP contribution in [0.1, 0.15) is 0 Å². The highest BCUT2D eigenvalue weighted by molar-refractivity contribution is 5.89. The molecule has 19 heavy (non-hydrogen) atoms. The van der Waals surface area contributed by atoms with Gasteiger partial charge in [-0.3, -0.25) is 5.10 Å². The summed E-state index contributed by atoms with van der Waals surface area (Å²) in [6.07, 6.45) is 0.982. The van der Waals surface area contributed by atoms with Gasteiger partial charge in [-0.05, 0) is 6.07 Å². The molecule has 0 aliphatic carbocycles. The Kier molecular flexibility index (Phi) is 2.37. The van der Waals surface area contributed by atoms with Crippen molar-refractivity contribution in [3.05, 3.63) is 35.8 Å². The van der Waals surface area contributed by atoms with Gasteiger partial charge in [0.05, 0.1) is 17.3 Å². The SMILES string of the molecule is Nc1nc(-c2[nH]nc3ncc(F)cc23)c(F)cc1F. The number of aromatic amines is 1. The number of nitrogens with two attached hydrogens (primary N) is 1. The topological polar surface area (TPSA) is 80.5 Å². The molecule has 0 saturated heterocycles. The average molecular weight is 265 g/mol. The predicted molar refractivity (Wildman–Crippen MR) is 61.4 cm³/mol. The molecular formula is C11H6F3N5. The van der Waals surface area contributed by atoms with E-state index in [1.807, 2.05) is 0 Å². The lowest BCUT2D eigenvalue weighted by Gasteiger charge is -2.02. The summed E-state index contributed by atoms with van der Waals surface area (Å²) in [6.45, 7) is 0. The standard InChI is InChI=1S/C11H6F3N5/c12-4-1-5-8(18-19-11(5)16-3-4)9-6(13)2-7(14)10(15)17-9/h1-3H,(H2,15,17)(H,16,18,19). The Labute approximate surface area is 104 Å². The number of pyridine rings is 2. The highest BCUT2D eigenvalue weighted by Crippen LogP contribution is 2.27. The number of anilines is 1. The van der Waals surface area contributed by atoms with E-state index < -0.39 is 23.3 Å². The number of hydrogen-bond acceptors (Lipinski definition) is 4. The molecule has 0 bridgehead atoms. The van der Waals surface area contributed by atoms with Crippen LogP contribution in [0.15, 0.2) is 18.3 Å². The van der Waals surface area contributed by atoms with E-state index in [9.17, 15) is 13.2 Å². The second kappa shape index (κ2) is 3.94. The van der Waals surface area contributed by atoms with Crippen LogP contribution in [0.25, 0.3) is 22.4 Å². The molecule has 3 aromatic rings. The van der Waals surface area contributed by atoms with Crippen molar-refractivity contribution < 1.29 is 13.2 Å². The number of aromatic nitrogens is 4. The van der Waals surface area contributed by atoms with Crippen LogP contribution in [0.2, 0.25) is 0 Å². The molecule has 0 atom stereocenters. The molecule has 0 radical (unpaired) electrons. The lowest BCUT2D eigenvalue weighted by molar-refractivity contribution is 0.580. The summed E-state index contributed by atoms with van der Waals surface area (Å²) in [5.74, 6) is -2.95. The largest absolute Gasteiger partial charge is 0.381 e. The number of fused-ring (bicyclic) bond motifs is 1. The van der Waals surface area contributed by atoms with Crippen LogP contribution in [0.3, 0.4) is 0 Å². The van der Waals surface area contributed by atoms with E-state index in [4.69, 9.17) is 5.73 Å². The number of nitrogen functional groups attached to an aromatic ring is 1. The minimum Gasteiger partial charge on any atom is -0.381 e. The number of H-pyrrole nitrogens is 1. The molecule has 3 rings (SSSR count). The molecule has 0 fully saturated rings. The first-order valence-corrected chi connectivity index (χ1v) is 5.18. The van der Waals surface area contributed by atoms with Crippen molar-refractivity contribution in [3.8, 4) is 11.4 Å². The van der Waals surface area contributed by atoms with Crippen molar-refractivity contribution >= 4 is 16.9 Å². The Balaban J connectivity index is 2.30. The fourth-order valence-corrected chi connectivity index (χ4v) is 1.71. The maximum atomic E-state index is 13.7. The van der Waals surface area contributed by atoms with Gasteiger partial charge in [-0.15, -0.1) is 0 Å². The van der Waals surface area contributed by atoms with E-state index in [2.05, 4.69) is 20.2 Å². The highest BCUT2D eigenvalue weighted by atomic mass is 19.1. The molecule has 0 aromatic carbocycles. The van der Waals surface area contributed by atoms with Gasteiger partial charge in [-0.2, -0.15) is 5.10 Å². The van der Waals surface area contributed by atoms with Gasteiger partial charge in [0.1, 0.15) is 11.5 Å². The van der Waals surface area contributed by atoms with Crippen LogP contribution in [-0.4, -0.2) is 20.2 Å². The molecule has 0 aliphatic rings. The number of nitrogens with zero attached hydrogens (tertiary/aromatic N) is 3. The van der Waals surface area contributed by atoms with Gasteiger partial charge in [-0.25, -0.2) is 23.1 Å². The van der Waals surface area contributed by atoms with Crippen LogP contribution in [-0.2, 0) is 0 Å². The Morgan fingerprint density at radius 1 is 1.11 bits per heavy atom. The highest BCUT2D eigenvalue weighted by Gasteiger charge is 2.17. The first kappa shape index (κ1) is 11.5. The third-order valence-electron chi connectivity index (χ3n) is 2.57. The third kappa shape index (κ3) is 1.77. The minimum atomic E-state index is -0.964. The monoisotopic (exact) mass is 265 g/mol. The zero-order chi connectivity index (χ0) is 13.6. The Hall–Kier alpha value is -2.64. The van der Waals surface area contributed by atoms with Gasteiger partial charge in [0.25, 0.3) is 0 Å². The fraction of sp³-hybridized carbons (Fsp3) is 0. The first-order valence-electron chi connectivity index (χ1n) is 5.18. The van der Waals surface area contributed by atoms with Crippen LogP contribution < -0.4 is 5.73 Å². The normalized spacial score (nSPS) is 11.1. The van der Waals surface area contributed by atoms with Crippen molar-refractivity contribution in [2.75, 3.05) is 5.73 Å². The molecule has 0 spiro atoms. The molecule has 0 saturated carbocycles. The minimum absolute atomic E-state index is 0.0891. The van der Waals surface area contributed by atoms with Crippen molar-refractivity contribution in [1.82, 2.24) is 20.2 Å². The molecule has 0 unspecified atom stereocenters. The Morgan fingerprint density at radius 3 is 2.68 bits per heavy atom. The van der Waals surface area contributed by atoms with Crippen molar-refractivity contribution in [2.45, 2.75) is 0 Å². The van der Waals surface area contributed by atoms with Crippen molar-refractivity contribution in [2.24, 2.45) is 0 Å². The molecule has 0 amide bonds.